The van der Waals surface area contributed by atoms with Gasteiger partial charge in [0.2, 0.25) is 5.95 Å². The summed E-state index contributed by atoms with van der Waals surface area (Å²) in [4.78, 5) is 20.7. The zero-order valence-electron chi connectivity index (χ0n) is 14.7. The summed E-state index contributed by atoms with van der Waals surface area (Å²) < 4.78 is 10.3. The van der Waals surface area contributed by atoms with Gasteiger partial charge in [-0.2, -0.15) is 0 Å². The highest BCUT2D eigenvalue weighted by molar-refractivity contribution is 6.31. The van der Waals surface area contributed by atoms with E-state index in [0.717, 1.165) is 11.4 Å². The third kappa shape index (κ3) is 4.65. The summed E-state index contributed by atoms with van der Waals surface area (Å²) in [6.45, 7) is 0. The first-order valence-electron chi connectivity index (χ1n) is 7.97. The highest BCUT2D eigenvalue weighted by Gasteiger charge is 2.11. The molecular weight excluding hydrogens is 368 g/mol. The normalized spacial score (nSPS) is 10.2. The van der Waals surface area contributed by atoms with E-state index in [2.05, 4.69) is 20.6 Å². The topological polar surface area (TPSA) is 85.4 Å². The number of methoxy groups -OCH3 is 2. The second-order valence-corrected chi connectivity index (χ2v) is 5.88. The van der Waals surface area contributed by atoms with Crippen LogP contribution in [0.5, 0.6) is 11.5 Å². The molecule has 3 aromatic rings. The Morgan fingerprint density at radius 1 is 1.00 bits per heavy atom. The fourth-order valence-corrected chi connectivity index (χ4v) is 2.46. The minimum absolute atomic E-state index is 0.303. The molecule has 0 radical (unpaired) electrons. The number of anilines is 3. The Hall–Kier alpha value is -3.32. The van der Waals surface area contributed by atoms with Gasteiger partial charge < -0.3 is 20.1 Å². The predicted molar refractivity (Wildman–Crippen MR) is 104 cm³/mol. The van der Waals surface area contributed by atoms with Crippen molar-refractivity contribution in [3.63, 3.8) is 0 Å². The number of nitrogens with one attached hydrogen (secondary N) is 2. The summed E-state index contributed by atoms with van der Waals surface area (Å²) in [5, 5.41) is 6.27. The summed E-state index contributed by atoms with van der Waals surface area (Å²) in [6, 6.07) is 12.3. The molecule has 0 aliphatic rings. The summed E-state index contributed by atoms with van der Waals surface area (Å²) in [6.07, 6.45) is 2.87. The molecule has 0 unspecified atom stereocenters. The van der Waals surface area contributed by atoms with E-state index in [0.29, 0.717) is 28.0 Å². The third-order valence-electron chi connectivity index (χ3n) is 3.67. The van der Waals surface area contributed by atoms with E-state index in [1.54, 1.807) is 25.3 Å². The number of halogens is 1. The quantitative estimate of drug-likeness (QED) is 0.664. The van der Waals surface area contributed by atoms with Crippen LogP contribution in [0.3, 0.4) is 0 Å². The standard InChI is InChI=1S/C19H17ClN4O3/c1-26-15-6-4-14(5-7-15)23-19-21-10-12(11-22-19)18(25)24-16-9-13(20)3-8-17(16)27-2/h3-11H,1-2H3,(H,24,25)(H,21,22,23). The molecule has 138 valence electrons. The minimum atomic E-state index is -0.369. The van der Waals surface area contributed by atoms with E-state index in [1.807, 2.05) is 24.3 Å². The van der Waals surface area contributed by atoms with E-state index in [9.17, 15) is 4.79 Å². The lowest BCUT2D eigenvalue weighted by atomic mass is 10.2. The van der Waals surface area contributed by atoms with E-state index in [4.69, 9.17) is 21.1 Å². The maximum absolute atomic E-state index is 12.4. The van der Waals surface area contributed by atoms with Crippen molar-refractivity contribution in [3.8, 4) is 11.5 Å². The van der Waals surface area contributed by atoms with Crippen LogP contribution in [0.1, 0.15) is 10.4 Å². The van der Waals surface area contributed by atoms with Crippen molar-refractivity contribution in [1.82, 2.24) is 9.97 Å². The molecule has 0 saturated heterocycles. The van der Waals surface area contributed by atoms with E-state index in [1.165, 1.54) is 19.5 Å². The molecule has 8 heteroatoms. The Balaban J connectivity index is 1.69. The van der Waals surface area contributed by atoms with Gasteiger partial charge in [0.25, 0.3) is 5.91 Å². The van der Waals surface area contributed by atoms with Gasteiger partial charge in [0.1, 0.15) is 11.5 Å². The van der Waals surface area contributed by atoms with Crippen molar-refractivity contribution in [1.29, 1.82) is 0 Å². The maximum atomic E-state index is 12.4. The Labute approximate surface area is 161 Å². The average Bonchev–Trinajstić information content (AvgIpc) is 2.69. The van der Waals surface area contributed by atoms with E-state index >= 15 is 0 Å². The Kier molecular flexibility index (Phi) is 5.73. The van der Waals surface area contributed by atoms with Crippen LogP contribution < -0.4 is 20.1 Å². The lowest BCUT2D eigenvalue weighted by molar-refractivity contribution is 0.102. The molecule has 0 spiro atoms. The molecule has 0 fully saturated rings. The molecule has 0 aliphatic carbocycles. The van der Waals surface area contributed by atoms with Crippen molar-refractivity contribution in [3.05, 3.63) is 65.4 Å². The zero-order chi connectivity index (χ0) is 19.2. The van der Waals surface area contributed by atoms with Crippen molar-refractivity contribution < 1.29 is 14.3 Å². The number of rotatable bonds is 6. The molecule has 0 aliphatic heterocycles. The SMILES string of the molecule is COc1ccc(Nc2ncc(C(=O)Nc3cc(Cl)ccc3OC)cn2)cc1. The molecule has 2 N–H and O–H groups in total. The minimum Gasteiger partial charge on any atom is -0.497 e. The van der Waals surface area contributed by atoms with Crippen LogP contribution in [-0.4, -0.2) is 30.1 Å². The first-order chi connectivity index (χ1) is 13.1. The first kappa shape index (κ1) is 18.5. The maximum Gasteiger partial charge on any atom is 0.258 e. The molecule has 2 aromatic carbocycles. The van der Waals surface area contributed by atoms with Gasteiger partial charge >= 0.3 is 0 Å². The average molecular weight is 385 g/mol. The van der Waals surface area contributed by atoms with E-state index in [-0.39, 0.29) is 5.91 Å². The summed E-state index contributed by atoms with van der Waals surface area (Å²) >= 11 is 5.97. The number of hydrogen-bond donors (Lipinski definition) is 2. The largest absolute Gasteiger partial charge is 0.497 e. The molecule has 3 rings (SSSR count). The van der Waals surface area contributed by atoms with Gasteiger partial charge in [-0.15, -0.1) is 0 Å². The highest BCUT2D eigenvalue weighted by Crippen LogP contribution is 2.28. The molecule has 1 aromatic heterocycles. The van der Waals surface area contributed by atoms with Crippen LogP contribution in [0.15, 0.2) is 54.9 Å². The monoisotopic (exact) mass is 384 g/mol. The Bertz CT molecular complexity index is 931. The molecule has 7 nitrogen and oxygen atoms in total. The number of benzene rings is 2. The molecule has 27 heavy (non-hydrogen) atoms. The number of ether oxygens (including phenoxy) is 2. The second-order valence-electron chi connectivity index (χ2n) is 5.45. The molecule has 0 bridgehead atoms. The van der Waals surface area contributed by atoms with Crippen molar-refractivity contribution >= 4 is 34.8 Å². The van der Waals surface area contributed by atoms with Crippen molar-refractivity contribution in [2.75, 3.05) is 24.9 Å². The van der Waals surface area contributed by atoms with Crippen LogP contribution in [-0.2, 0) is 0 Å². The van der Waals surface area contributed by atoms with Gasteiger partial charge in [0.05, 0.1) is 25.5 Å². The molecule has 1 amide bonds. The lowest BCUT2D eigenvalue weighted by Crippen LogP contribution is -2.13. The van der Waals surface area contributed by atoms with Gasteiger partial charge in [-0.3, -0.25) is 4.79 Å². The van der Waals surface area contributed by atoms with Gasteiger partial charge in [0, 0.05) is 23.1 Å². The van der Waals surface area contributed by atoms with Crippen LogP contribution in [0.4, 0.5) is 17.3 Å². The number of carbonyl (C=O) groups is 1. The molecule has 0 saturated carbocycles. The number of hydrogen-bond acceptors (Lipinski definition) is 6. The molecule has 0 atom stereocenters. The summed E-state index contributed by atoms with van der Waals surface area (Å²) in [5.41, 5.74) is 1.57. The Morgan fingerprint density at radius 3 is 2.33 bits per heavy atom. The summed E-state index contributed by atoms with van der Waals surface area (Å²) in [5.74, 6) is 1.26. The van der Waals surface area contributed by atoms with Gasteiger partial charge in [-0.1, -0.05) is 11.6 Å². The van der Waals surface area contributed by atoms with Crippen molar-refractivity contribution in [2.45, 2.75) is 0 Å². The van der Waals surface area contributed by atoms with Crippen LogP contribution in [0, 0.1) is 0 Å². The highest BCUT2D eigenvalue weighted by atomic mass is 35.5. The fourth-order valence-electron chi connectivity index (χ4n) is 2.29. The Morgan fingerprint density at radius 2 is 1.70 bits per heavy atom. The zero-order valence-corrected chi connectivity index (χ0v) is 15.4. The lowest BCUT2D eigenvalue weighted by Gasteiger charge is -2.10. The molecule has 1 heterocycles. The van der Waals surface area contributed by atoms with Crippen LogP contribution in [0.25, 0.3) is 0 Å². The molecular formula is C19H17ClN4O3. The van der Waals surface area contributed by atoms with Gasteiger partial charge in [-0.05, 0) is 42.5 Å². The number of nitrogens with zero attached hydrogens (tertiary/aromatic N) is 2. The van der Waals surface area contributed by atoms with Gasteiger partial charge in [0.15, 0.2) is 0 Å². The number of carbonyl (C=O) groups excluding carboxylic acids is 1. The predicted octanol–water partition coefficient (Wildman–Crippen LogP) is 4.14. The fraction of sp³-hybridized carbons (Fsp3) is 0.105. The van der Waals surface area contributed by atoms with Gasteiger partial charge in [-0.25, -0.2) is 9.97 Å². The second kappa shape index (κ2) is 8.37. The van der Waals surface area contributed by atoms with E-state index < -0.39 is 0 Å². The number of aromatic nitrogens is 2. The summed E-state index contributed by atoms with van der Waals surface area (Å²) in [7, 11) is 3.12. The smallest absolute Gasteiger partial charge is 0.258 e. The first-order valence-corrected chi connectivity index (χ1v) is 8.35. The third-order valence-corrected chi connectivity index (χ3v) is 3.91. The van der Waals surface area contributed by atoms with Crippen LogP contribution in [0.2, 0.25) is 5.02 Å². The van der Waals surface area contributed by atoms with Crippen LogP contribution >= 0.6 is 11.6 Å². The van der Waals surface area contributed by atoms with Crippen molar-refractivity contribution in [2.24, 2.45) is 0 Å². The number of amides is 1.